The van der Waals surface area contributed by atoms with Crippen molar-refractivity contribution in [2.75, 3.05) is 28.8 Å². The minimum Gasteiger partial charge on any atom is -0.459 e. The van der Waals surface area contributed by atoms with Gasteiger partial charge in [0, 0.05) is 27.1 Å². The maximum atomic E-state index is 13.2. The fraction of sp³-hybridized carbons (Fsp3) is 0.250. The van der Waals surface area contributed by atoms with Crippen LogP contribution in [0.5, 0.6) is 0 Å². The van der Waals surface area contributed by atoms with Crippen LogP contribution in [0.4, 0.5) is 17.1 Å². The van der Waals surface area contributed by atoms with Gasteiger partial charge in [-0.2, -0.15) is 0 Å². The second-order valence-electron chi connectivity index (χ2n) is 8.17. The highest BCUT2D eigenvalue weighted by molar-refractivity contribution is 6.10. The van der Waals surface area contributed by atoms with Crippen LogP contribution in [0.25, 0.3) is 11.1 Å². The summed E-state index contributed by atoms with van der Waals surface area (Å²) in [5, 5.41) is 2.04. The smallest absolute Gasteiger partial charge is 0.294 e. The topological polar surface area (TPSA) is 69.0 Å². The molecular formula is C24H24N4O3. The molecule has 0 radical (unpaired) electrons. The molecule has 5 rings (SSSR count). The first-order valence-electron chi connectivity index (χ1n) is 10.3. The maximum Gasteiger partial charge on any atom is 0.294 e. The number of fused-ring (bicyclic) bond motifs is 2. The number of rotatable bonds is 2. The Labute approximate surface area is 180 Å². The number of carbonyl (C=O) groups is 2. The lowest BCUT2D eigenvalue weighted by Crippen LogP contribution is -2.51. The fourth-order valence-corrected chi connectivity index (χ4v) is 4.51. The maximum absolute atomic E-state index is 13.2. The third-order valence-corrected chi connectivity index (χ3v) is 5.89. The van der Waals surface area contributed by atoms with Crippen LogP contribution in [0, 0.1) is 0 Å². The van der Waals surface area contributed by atoms with Gasteiger partial charge < -0.3 is 19.6 Å². The summed E-state index contributed by atoms with van der Waals surface area (Å²) < 4.78 is 5.36. The Balaban J connectivity index is 1.60. The molecular weight excluding hydrogens is 392 g/mol. The summed E-state index contributed by atoms with van der Waals surface area (Å²) in [4.78, 5) is 29.0. The third kappa shape index (κ3) is 3.27. The van der Waals surface area contributed by atoms with Gasteiger partial charge in [-0.1, -0.05) is 18.2 Å². The second kappa shape index (κ2) is 7.28. The summed E-state index contributed by atoms with van der Waals surface area (Å²) in [6.07, 6.45) is 1.49. The number of hydrazine groups is 1. The van der Waals surface area contributed by atoms with Crippen molar-refractivity contribution in [3.05, 3.63) is 66.1 Å². The number of hydrogen-bond donors (Lipinski definition) is 1. The van der Waals surface area contributed by atoms with Crippen molar-refractivity contribution in [1.29, 1.82) is 0 Å². The summed E-state index contributed by atoms with van der Waals surface area (Å²) in [5.41, 5.74) is 9.14. The number of furan rings is 1. The summed E-state index contributed by atoms with van der Waals surface area (Å²) in [5.74, 6) is 0.0247. The predicted octanol–water partition coefficient (Wildman–Crippen LogP) is 4.12. The van der Waals surface area contributed by atoms with Crippen LogP contribution in [0.1, 0.15) is 30.0 Å². The van der Waals surface area contributed by atoms with E-state index < -0.39 is 0 Å². The number of nitrogens with one attached hydrogen (secondary N) is 1. The van der Waals surface area contributed by atoms with Gasteiger partial charge in [0.25, 0.3) is 5.91 Å². The Morgan fingerprint density at radius 1 is 1.06 bits per heavy atom. The molecule has 2 aliphatic rings. The van der Waals surface area contributed by atoms with Crippen LogP contribution in [0.2, 0.25) is 0 Å². The third-order valence-electron chi connectivity index (χ3n) is 5.89. The van der Waals surface area contributed by atoms with Crippen LogP contribution in [0.3, 0.4) is 0 Å². The zero-order chi connectivity index (χ0) is 21.7. The monoisotopic (exact) mass is 416 g/mol. The zero-order valence-corrected chi connectivity index (χ0v) is 17.8. The minimum absolute atomic E-state index is 0.0450. The van der Waals surface area contributed by atoms with E-state index >= 15 is 0 Å². The lowest BCUT2D eigenvalue weighted by Gasteiger charge is -2.40. The van der Waals surface area contributed by atoms with E-state index in [4.69, 9.17) is 4.42 Å². The molecule has 2 amide bonds. The molecule has 158 valence electrons. The number of benzene rings is 2. The largest absolute Gasteiger partial charge is 0.459 e. The van der Waals surface area contributed by atoms with E-state index in [0.29, 0.717) is 12.2 Å². The van der Waals surface area contributed by atoms with Crippen LogP contribution < -0.4 is 15.2 Å². The van der Waals surface area contributed by atoms with Gasteiger partial charge in [0.05, 0.1) is 29.4 Å². The lowest BCUT2D eigenvalue weighted by molar-refractivity contribution is -0.117. The van der Waals surface area contributed by atoms with Crippen molar-refractivity contribution in [1.82, 2.24) is 5.01 Å². The fourth-order valence-electron chi connectivity index (χ4n) is 4.51. The Kier molecular flexibility index (Phi) is 4.55. The van der Waals surface area contributed by atoms with E-state index in [1.807, 2.05) is 37.2 Å². The molecule has 0 saturated carbocycles. The zero-order valence-electron chi connectivity index (χ0n) is 17.8. The van der Waals surface area contributed by atoms with Gasteiger partial charge in [-0.05, 0) is 53.9 Å². The van der Waals surface area contributed by atoms with E-state index in [2.05, 4.69) is 23.6 Å². The van der Waals surface area contributed by atoms with Crippen molar-refractivity contribution < 1.29 is 14.0 Å². The molecule has 7 heteroatoms. The van der Waals surface area contributed by atoms with Gasteiger partial charge in [0.2, 0.25) is 5.91 Å². The summed E-state index contributed by atoms with van der Waals surface area (Å²) in [6, 6.07) is 15.5. The molecule has 3 aromatic rings. The van der Waals surface area contributed by atoms with Gasteiger partial charge in [0.1, 0.15) is 0 Å². The van der Waals surface area contributed by atoms with Crippen molar-refractivity contribution in [2.45, 2.75) is 26.4 Å². The molecule has 0 bridgehead atoms. The van der Waals surface area contributed by atoms with Crippen molar-refractivity contribution in [2.24, 2.45) is 0 Å². The predicted molar refractivity (Wildman–Crippen MR) is 120 cm³/mol. The molecule has 3 heterocycles. The first-order chi connectivity index (χ1) is 14.9. The quantitative estimate of drug-likeness (QED) is 0.681. The van der Waals surface area contributed by atoms with Gasteiger partial charge in [0.15, 0.2) is 5.76 Å². The molecule has 1 N–H and O–H groups in total. The Bertz CT molecular complexity index is 1170. The number of carbonyl (C=O) groups excluding carboxylic acids is 2. The molecule has 0 aliphatic carbocycles. The minimum atomic E-state index is -0.212. The first-order valence-corrected chi connectivity index (χ1v) is 10.3. The molecule has 2 aromatic carbocycles. The molecule has 0 fully saturated rings. The summed E-state index contributed by atoms with van der Waals surface area (Å²) in [6.45, 7) is 4.76. The van der Waals surface area contributed by atoms with E-state index in [9.17, 15) is 9.59 Å². The van der Waals surface area contributed by atoms with E-state index in [0.717, 1.165) is 29.0 Å². The second-order valence-corrected chi connectivity index (χ2v) is 8.17. The number of amides is 2. The molecule has 1 atom stereocenters. The first kappa shape index (κ1) is 19.4. The molecule has 0 saturated heterocycles. The van der Waals surface area contributed by atoms with Crippen molar-refractivity contribution in [3.8, 4) is 11.1 Å². The molecule has 0 spiro atoms. The molecule has 31 heavy (non-hydrogen) atoms. The summed E-state index contributed by atoms with van der Waals surface area (Å²) in [7, 11) is 2.01. The number of nitrogens with zero attached hydrogens (tertiary/aromatic N) is 3. The average molecular weight is 416 g/mol. The van der Waals surface area contributed by atoms with Gasteiger partial charge in [-0.3, -0.25) is 9.59 Å². The lowest BCUT2D eigenvalue weighted by atomic mass is 9.99. The molecule has 2 aliphatic heterocycles. The highest BCUT2D eigenvalue weighted by atomic mass is 16.3. The van der Waals surface area contributed by atoms with E-state index in [1.54, 1.807) is 28.9 Å². The highest BCUT2D eigenvalue weighted by Gasteiger charge is 2.35. The van der Waals surface area contributed by atoms with Crippen LogP contribution in [0.15, 0.2) is 59.2 Å². The Morgan fingerprint density at radius 3 is 2.58 bits per heavy atom. The molecule has 7 nitrogen and oxygen atoms in total. The summed E-state index contributed by atoms with van der Waals surface area (Å²) >= 11 is 0. The Hall–Kier alpha value is -3.58. The number of anilines is 3. The van der Waals surface area contributed by atoms with Crippen molar-refractivity contribution in [3.63, 3.8) is 0 Å². The van der Waals surface area contributed by atoms with E-state index in [1.165, 1.54) is 11.8 Å². The van der Waals surface area contributed by atoms with Crippen LogP contribution >= 0.6 is 0 Å². The normalized spacial score (nSPS) is 17.8. The van der Waals surface area contributed by atoms with Gasteiger partial charge in [-0.25, -0.2) is 5.01 Å². The van der Waals surface area contributed by atoms with Crippen LogP contribution in [-0.2, 0) is 11.3 Å². The molecule has 0 unspecified atom stereocenters. The highest BCUT2D eigenvalue weighted by Crippen LogP contribution is 2.40. The van der Waals surface area contributed by atoms with Gasteiger partial charge >= 0.3 is 0 Å². The average Bonchev–Trinajstić information content (AvgIpc) is 3.40. The SMILES string of the molecule is CC(=O)N1c2ccc(-c3ccc4c(c3)NN(C)C4)cc2N(C(=O)c2ccco2)C[C@@H]1C. The Morgan fingerprint density at radius 2 is 1.84 bits per heavy atom. The van der Waals surface area contributed by atoms with Crippen molar-refractivity contribution >= 4 is 28.9 Å². The van der Waals surface area contributed by atoms with Crippen LogP contribution in [-0.4, -0.2) is 36.5 Å². The van der Waals surface area contributed by atoms with Gasteiger partial charge in [-0.15, -0.1) is 0 Å². The number of hydrogen-bond acceptors (Lipinski definition) is 5. The van der Waals surface area contributed by atoms with E-state index in [-0.39, 0.29) is 23.6 Å². The standard InChI is InChI=1S/C24H24N4O3/c1-15-13-27(24(30)23-5-4-10-31-23)22-12-18(8-9-21(22)28(15)16(2)29)17-6-7-19-14-26(3)25-20(19)11-17/h4-12,15,25H,13-14H2,1-3H3/t15-/m0/s1. The molecule has 1 aromatic heterocycles.